The van der Waals surface area contributed by atoms with E-state index in [2.05, 4.69) is 33.0 Å². The lowest BCUT2D eigenvalue weighted by atomic mass is 9.90. The van der Waals surface area contributed by atoms with Crippen molar-refractivity contribution in [2.75, 3.05) is 13.2 Å². The van der Waals surface area contributed by atoms with Gasteiger partial charge in [0.1, 0.15) is 0 Å². The topological polar surface area (TPSA) is 21.3 Å². The smallest absolute Gasteiger partial charge is 0.0552 e. The molecular weight excluding hydrogens is 186 g/mol. The maximum Gasteiger partial charge on any atom is 0.0552 e. The van der Waals surface area contributed by atoms with Crippen LogP contribution in [0.3, 0.4) is 0 Å². The van der Waals surface area contributed by atoms with Gasteiger partial charge in [-0.1, -0.05) is 0 Å². The molecule has 2 rings (SSSR count). The average Bonchev–Trinajstić information content (AvgIpc) is 2.73. The Morgan fingerprint density at radius 3 is 2.67 bits per heavy atom. The quantitative estimate of drug-likeness (QED) is 0.758. The van der Waals surface area contributed by atoms with Crippen molar-refractivity contribution in [2.45, 2.75) is 58.6 Å². The molecular formula is C13H25NO. The second-order valence-corrected chi connectivity index (χ2v) is 6.53. The summed E-state index contributed by atoms with van der Waals surface area (Å²) in [5, 5.41) is 3.63. The molecule has 3 unspecified atom stereocenters. The summed E-state index contributed by atoms with van der Waals surface area (Å²) >= 11 is 0. The zero-order chi connectivity index (χ0) is 11.1. The highest BCUT2D eigenvalue weighted by atomic mass is 16.5. The van der Waals surface area contributed by atoms with Gasteiger partial charge in [0.15, 0.2) is 0 Å². The minimum atomic E-state index is 0.264. The Morgan fingerprint density at radius 1 is 1.33 bits per heavy atom. The molecule has 1 saturated carbocycles. The second-order valence-electron chi connectivity index (χ2n) is 6.53. The summed E-state index contributed by atoms with van der Waals surface area (Å²) in [6.45, 7) is 11.1. The summed E-state index contributed by atoms with van der Waals surface area (Å²) in [6, 6.07) is 0. The number of ether oxygens (including phenoxy) is 1. The summed E-state index contributed by atoms with van der Waals surface area (Å²) < 4.78 is 5.63. The van der Waals surface area contributed by atoms with Crippen LogP contribution >= 0.6 is 0 Å². The molecule has 0 aromatic heterocycles. The van der Waals surface area contributed by atoms with Crippen molar-refractivity contribution in [3.8, 4) is 0 Å². The normalized spacial score (nSPS) is 40.8. The molecule has 2 aliphatic rings. The van der Waals surface area contributed by atoms with E-state index in [0.717, 1.165) is 12.5 Å². The number of nitrogens with one attached hydrogen (secondary N) is 1. The van der Waals surface area contributed by atoms with Crippen LogP contribution in [0.15, 0.2) is 0 Å². The molecule has 1 N–H and O–H groups in total. The van der Waals surface area contributed by atoms with Crippen LogP contribution < -0.4 is 5.32 Å². The van der Waals surface area contributed by atoms with Gasteiger partial charge in [0.05, 0.1) is 6.10 Å². The van der Waals surface area contributed by atoms with Crippen molar-refractivity contribution < 1.29 is 4.74 Å². The van der Waals surface area contributed by atoms with Crippen molar-refractivity contribution in [3.05, 3.63) is 0 Å². The minimum Gasteiger partial charge on any atom is -0.378 e. The highest BCUT2D eigenvalue weighted by Crippen LogP contribution is 2.59. The van der Waals surface area contributed by atoms with Crippen molar-refractivity contribution in [2.24, 2.45) is 11.3 Å². The van der Waals surface area contributed by atoms with E-state index < -0.39 is 0 Å². The third-order valence-corrected chi connectivity index (χ3v) is 3.93. The molecule has 0 bridgehead atoms. The SMILES string of the molecule is CC1CC2(CCO1)CC2CNC(C)(C)C. The zero-order valence-corrected chi connectivity index (χ0v) is 10.6. The number of hydrogen-bond acceptors (Lipinski definition) is 2. The van der Waals surface area contributed by atoms with Gasteiger partial charge in [0.25, 0.3) is 0 Å². The van der Waals surface area contributed by atoms with Crippen molar-refractivity contribution >= 4 is 0 Å². The molecule has 2 heteroatoms. The monoisotopic (exact) mass is 211 g/mol. The maximum atomic E-state index is 5.63. The lowest BCUT2D eigenvalue weighted by molar-refractivity contribution is -0.00958. The Morgan fingerprint density at radius 2 is 2.07 bits per heavy atom. The van der Waals surface area contributed by atoms with Crippen LogP contribution in [0, 0.1) is 11.3 Å². The molecule has 15 heavy (non-hydrogen) atoms. The van der Waals surface area contributed by atoms with E-state index in [9.17, 15) is 0 Å². The van der Waals surface area contributed by atoms with Crippen molar-refractivity contribution in [3.63, 3.8) is 0 Å². The fourth-order valence-corrected chi connectivity index (χ4v) is 2.90. The molecule has 2 nitrogen and oxygen atoms in total. The molecule has 1 saturated heterocycles. The van der Waals surface area contributed by atoms with Gasteiger partial charge in [-0.2, -0.15) is 0 Å². The highest BCUT2D eigenvalue weighted by molar-refractivity contribution is 5.05. The molecule has 1 heterocycles. The Kier molecular flexibility index (Phi) is 2.85. The first-order chi connectivity index (χ1) is 6.91. The van der Waals surface area contributed by atoms with E-state index >= 15 is 0 Å². The van der Waals surface area contributed by atoms with Crippen molar-refractivity contribution in [1.29, 1.82) is 0 Å². The summed E-state index contributed by atoms with van der Waals surface area (Å²) in [6.07, 6.45) is 4.47. The minimum absolute atomic E-state index is 0.264. The van der Waals surface area contributed by atoms with Gasteiger partial charge < -0.3 is 10.1 Å². The fourth-order valence-electron chi connectivity index (χ4n) is 2.90. The van der Waals surface area contributed by atoms with E-state index in [1.165, 1.54) is 25.8 Å². The summed E-state index contributed by atoms with van der Waals surface area (Å²) in [5.41, 5.74) is 0.913. The van der Waals surface area contributed by atoms with Gasteiger partial charge in [0.2, 0.25) is 0 Å². The molecule has 88 valence electrons. The van der Waals surface area contributed by atoms with E-state index in [1.54, 1.807) is 0 Å². The van der Waals surface area contributed by atoms with Crippen LogP contribution in [0.5, 0.6) is 0 Å². The third kappa shape index (κ3) is 2.73. The molecule has 0 radical (unpaired) electrons. The van der Waals surface area contributed by atoms with Gasteiger partial charge in [0, 0.05) is 12.1 Å². The van der Waals surface area contributed by atoms with Crippen molar-refractivity contribution in [1.82, 2.24) is 5.32 Å². The summed E-state index contributed by atoms with van der Waals surface area (Å²) in [5.74, 6) is 0.906. The van der Waals surface area contributed by atoms with E-state index in [-0.39, 0.29) is 5.54 Å². The Hall–Kier alpha value is -0.0800. The Labute approximate surface area is 93.8 Å². The van der Waals surface area contributed by atoms with E-state index in [1.807, 2.05) is 0 Å². The summed E-state index contributed by atoms with van der Waals surface area (Å²) in [7, 11) is 0. The third-order valence-electron chi connectivity index (χ3n) is 3.93. The van der Waals surface area contributed by atoms with Gasteiger partial charge >= 0.3 is 0 Å². The first-order valence-corrected chi connectivity index (χ1v) is 6.28. The summed E-state index contributed by atoms with van der Waals surface area (Å²) in [4.78, 5) is 0. The molecule has 0 aromatic carbocycles. The predicted octanol–water partition coefficient (Wildman–Crippen LogP) is 2.58. The molecule has 2 fully saturated rings. The Balaban J connectivity index is 1.79. The average molecular weight is 211 g/mol. The number of rotatable bonds is 2. The van der Waals surface area contributed by atoms with Gasteiger partial charge in [-0.05, 0) is 64.8 Å². The van der Waals surface area contributed by atoms with Crippen LogP contribution in [0.1, 0.15) is 47.0 Å². The first-order valence-electron chi connectivity index (χ1n) is 6.28. The fraction of sp³-hybridized carbons (Fsp3) is 1.00. The standard InChI is InChI=1S/C13H25NO/c1-10-7-13(5-6-15-10)8-11(13)9-14-12(2,3)4/h10-11,14H,5-9H2,1-4H3. The van der Waals surface area contributed by atoms with Crippen LogP contribution in [0.4, 0.5) is 0 Å². The number of hydrogen-bond donors (Lipinski definition) is 1. The van der Waals surface area contributed by atoms with Crippen LogP contribution in [-0.4, -0.2) is 24.8 Å². The zero-order valence-electron chi connectivity index (χ0n) is 10.6. The first kappa shape index (κ1) is 11.4. The highest BCUT2D eigenvalue weighted by Gasteiger charge is 2.55. The van der Waals surface area contributed by atoms with Crippen LogP contribution in [-0.2, 0) is 4.74 Å². The molecule has 1 aliphatic heterocycles. The van der Waals surface area contributed by atoms with E-state index in [4.69, 9.17) is 4.74 Å². The largest absolute Gasteiger partial charge is 0.378 e. The lowest BCUT2D eigenvalue weighted by Gasteiger charge is -2.29. The molecule has 1 spiro atoms. The van der Waals surface area contributed by atoms with E-state index in [0.29, 0.717) is 11.5 Å². The second kappa shape index (κ2) is 3.74. The van der Waals surface area contributed by atoms with Crippen LogP contribution in [0.2, 0.25) is 0 Å². The van der Waals surface area contributed by atoms with Gasteiger partial charge in [-0.3, -0.25) is 0 Å². The predicted molar refractivity (Wildman–Crippen MR) is 62.9 cm³/mol. The molecule has 0 amide bonds. The lowest BCUT2D eigenvalue weighted by Crippen LogP contribution is -2.38. The molecule has 1 aliphatic carbocycles. The van der Waals surface area contributed by atoms with Crippen LogP contribution in [0.25, 0.3) is 0 Å². The van der Waals surface area contributed by atoms with Gasteiger partial charge in [-0.15, -0.1) is 0 Å². The molecule has 3 atom stereocenters. The maximum absolute atomic E-state index is 5.63. The molecule has 0 aromatic rings. The van der Waals surface area contributed by atoms with Gasteiger partial charge in [-0.25, -0.2) is 0 Å². The Bertz CT molecular complexity index is 233.